The minimum Gasteiger partial charge on any atom is -0.492 e. The molecule has 3 rings (SSSR count). The Morgan fingerprint density at radius 1 is 1.21 bits per heavy atom. The van der Waals surface area contributed by atoms with Crippen molar-refractivity contribution in [1.82, 2.24) is 4.57 Å². The Balaban J connectivity index is 1.77. The van der Waals surface area contributed by atoms with Crippen molar-refractivity contribution in [1.29, 1.82) is 0 Å². The van der Waals surface area contributed by atoms with Crippen LogP contribution >= 0.6 is 0 Å². The molecule has 0 aliphatic carbocycles. The monoisotopic (exact) mass is 394 g/mol. The molecule has 0 atom stereocenters. The average molecular weight is 394 g/mol. The lowest BCUT2D eigenvalue weighted by molar-refractivity contribution is -0.137. The fraction of sp³-hybridized carbons (Fsp3) is 0.263. The van der Waals surface area contributed by atoms with Gasteiger partial charge in [-0.3, -0.25) is 9.36 Å². The van der Waals surface area contributed by atoms with Gasteiger partial charge in [-0.1, -0.05) is 12.1 Å². The van der Waals surface area contributed by atoms with E-state index >= 15 is 0 Å². The number of rotatable bonds is 6. The van der Waals surface area contributed by atoms with Gasteiger partial charge in [-0.2, -0.15) is 13.2 Å². The molecule has 1 N–H and O–H groups in total. The van der Waals surface area contributed by atoms with Gasteiger partial charge in [0.15, 0.2) is 5.58 Å². The van der Waals surface area contributed by atoms with Crippen LogP contribution in [0.15, 0.2) is 51.7 Å². The van der Waals surface area contributed by atoms with Gasteiger partial charge < -0.3 is 14.5 Å². The Kier molecular flexibility index (Phi) is 5.43. The molecular formula is C19H17F3N2O4. The molecule has 0 aliphatic rings. The number of halogens is 3. The van der Waals surface area contributed by atoms with E-state index in [1.807, 2.05) is 0 Å². The average Bonchev–Trinajstić information content (AvgIpc) is 2.96. The summed E-state index contributed by atoms with van der Waals surface area (Å²) in [5.41, 5.74) is -0.0480. The summed E-state index contributed by atoms with van der Waals surface area (Å²) < 4.78 is 50.5. The number of carbonyl (C=O) groups excluding carboxylic acids is 1. The largest absolute Gasteiger partial charge is 0.492 e. The zero-order valence-electron chi connectivity index (χ0n) is 14.9. The third-order valence-corrected chi connectivity index (χ3v) is 4.02. The highest BCUT2D eigenvalue weighted by Gasteiger charge is 2.31. The van der Waals surface area contributed by atoms with Gasteiger partial charge in [-0.05, 0) is 37.3 Å². The van der Waals surface area contributed by atoms with E-state index in [1.54, 1.807) is 31.2 Å². The van der Waals surface area contributed by atoms with Gasteiger partial charge >= 0.3 is 11.9 Å². The molecule has 0 radical (unpaired) electrons. The molecule has 9 heteroatoms. The zero-order valence-corrected chi connectivity index (χ0v) is 14.9. The molecule has 0 aliphatic heterocycles. The number of alkyl halides is 3. The Hall–Kier alpha value is -3.23. The van der Waals surface area contributed by atoms with Gasteiger partial charge in [0.1, 0.15) is 5.75 Å². The first-order valence-electron chi connectivity index (χ1n) is 8.52. The van der Waals surface area contributed by atoms with Gasteiger partial charge in [0, 0.05) is 13.0 Å². The summed E-state index contributed by atoms with van der Waals surface area (Å²) in [6, 6.07) is 9.62. The summed E-state index contributed by atoms with van der Waals surface area (Å²) in [7, 11) is 0. The van der Waals surface area contributed by atoms with Crippen molar-refractivity contribution < 1.29 is 27.1 Å². The third-order valence-electron chi connectivity index (χ3n) is 4.02. The van der Waals surface area contributed by atoms with E-state index in [-0.39, 0.29) is 31.0 Å². The van der Waals surface area contributed by atoms with Gasteiger partial charge in [0.25, 0.3) is 0 Å². The standard InChI is InChI=1S/C19H17F3N2O4/c1-2-27-15-8-7-12(19(20,21)22)11-13(15)23-17(25)9-10-24-14-5-3-4-6-16(14)28-18(24)26/h3-8,11H,2,9-10H2,1H3,(H,23,25). The number of anilines is 1. The normalized spacial score (nSPS) is 11.6. The van der Waals surface area contributed by atoms with Crippen LogP contribution in [0.5, 0.6) is 5.75 Å². The van der Waals surface area contributed by atoms with Crippen molar-refractivity contribution in [2.75, 3.05) is 11.9 Å². The molecule has 0 spiro atoms. The number of carbonyl (C=O) groups is 1. The van der Waals surface area contributed by atoms with Crippen molar-refractivity contribution in [3.05, 3.63) is 58.6 Å². The van der Waals surface area contributed by atoms with Crippen molar-refractivity contribution in [2.24, 2.45) is 0 Å². The first-order chi connectivity index (χ1) is 13.3. The molecule has 2 aromatic carbocycles. The van der Waals surface area contributed by atoms with Crippen LogP contribution < -0.4 is 15.8 Å². The highest BCUT2D eigenvalue weighted by molar-refractivity contribution is 5.92. The molecule has 0 saturated carbocycles. The van der Waals surface area contributed by atoms with Gasteiger partial charge in [-0.25, -0.2) is 4.79 Å². The van der Waals surface area contributed by atoms with E-state index in [0.717, 1.165) is 18.2 Å². The Morgan fingerprint density at radius 2 is 1.96 bits per heavy atom. The lowest BCUT2D eigenvalue weighted by Gasteiger charge is -2.14. The molecule has 0 fully saturated rings. The predicted molar refractivity (Wildman–Crippen MR) is 96.3 cm³/mol. The first-order valence-corrected chi connectivity index (χ1v) is 8.52. The topological polar surface area (TPSA) is 73.5 Å². The van der Waals surface area contributed by atoms with Crippen molar-refractivity contribution in [3.8, 4) is 5.75 Å². The van der Waals surface area contributed by atoms with Gasteiger partial charge in [0.2, 0.25) is 5.91 Å². The molecule has 3 aromatic rings. The fourth-order valence-electron chi connectivity index (χ4n) is 2.74. The summed E-state index contributed by atoms with van der Waals surface area (Å²) in [5, 5.41) is 2.43. The summed E-state index contributed by atoms with van der Waals surface area (Å²) in [5.74, 6) is -1.03. The van der Waals surface area contributed by atoms with Crippen LogP contribution in [0.2, 0.25) is 0 Å². The number of nitrogens with zero attached hydrogens (tertiary/aromatic N) is 1. The lowest BCUT2D eigenvalue weighted by Crippen LogP contribution is -2.20. The van der Waals surface area contributed by atoms with E-state index in [4.69, 9.17) is 9.15 Å². The number of oxazole rings is 1. The molecule has 1 heterocycles. The molecule has 0 saturated heterocycles. The minimum absolute atomic E-state index is 0.0185. The van der Waals surface area contributed by atoms with Crippen LogP contribution in [0.1, 0.15) is 18.9 Å². The van der Waals surface area contributed by atoms with E-state index in [1.165, 1.54) is 4.57 Å². The minimum atomic E-state index is -4.55. The van der Waals surface area contributed by atoms with Crippen molar-refractivity contribution in [2.45, 2.75) is 26.1 Å². The number of ether oxygens (including phenoxy) is 1. The third kappa shape index (κ3) is 4.19. The van der Waals surface area contributed by atoms with E-state index in [2.05, 4.69) is 5.32 Å². The molecule has 0 bridgehead atoms. The highest BCUT2D eigenvalue weighted by atomic mass is 19.4. The number of benzene rings is 2. The second-order valence-electron chi connectivity index (χ2n) is 5.93. The number of para-hydroxylation sites is 2. The quantitative estimate of drug-likeness (QED) is 0.685. The summed E-state index contributed by atoms with van der Waals surface area (Å²) in [4.78, 5) is 24.2. The SMILES string of the molecule is CCOc1ccc(C(F)(F)F)cc1NC(=O)CCn1c(=O)oc2ccccc21. The molecule has 6 nitrogen and oxygen atoms in total. The van der Waals surface area contributed by atoms with Crippen LogP contribution in [0.25, 0.3) is 11.1 Å². The predicted octanol–water partition coefficient (Wildman–Crippen LogP) is 4.04. The van der Waals surface area contributed by atoms with E-state index < -0.39 is 23.4 Å². The molecule has 148 valence electrons. The summed E-state index contributed by atoms with van der Waals surface area (Å²) >= 11 is 0. The maximum atomic E-state index is 12.9. The Bertz CT molecular complexity index is 1050. The molecule has 28 heavy (non-hydrogen) atoms. The van der Waals surface area contributed by atoms with E-state index in [0.29, 0.717) is 11.1 Å². The highest BCUT2D eigenvalue weighted by Crippen LogP contribution is 2.35. The van der Waals surface area contributed by atoms with Crippen LogP contribution in [0, 0.1) is 0 Å². The molecule has 1 aromatic heterocycles. The summed E-state index contributed by atoms with van der Waals surface area (Å²) in [6.45, 7) is 1.93. The van der Waals surface area contributed by atoms with Crippen LogP contribution in [0.4, 0.5) is 18.9 Å². The number of hydrogen-bond acceptors (Lipinski definition) is 4. The zero-order chi connectivity index (χ0) is 20.3. The fourth-order valence-corrected chi connectivity index (χ4v) is 2.74. The van der Waals surface area contributed by atoms with Gasteiger partial charge in [0.05, 0.1) is 23.4 Å². The number of fused-ring (bicyclic) bond motifs is 1. The maximum Gasteiger partial charge on any atom is 0.419 e. The van der Waals surface area contributed by atoms with Gasteiger partial charge in [-0.15, -0.1) is 0 Å². The second kappa shape index (κ2) is 7.79. The second-order valence-corrected chi connectivity index (χ2v) is 5.93. The van der Waals surface area contributed by atoms with E-state index in [9.17, 15) is 22.8 Å². The lowest BCUT2D eigenvalue weighted by atomic mass is 10.1. The number of aryl methyl sites for hydroxylation is 1. The first kappa shape index (κ1) is 19.5. The van der Waals surface area contributed by atoms with Crippen molar-refractivity contribution in [3.63, 3.8) is 0 Å². The molecular weight excluding hydrogens is 377 g/mol. The molecule has 1 amide bonds. The Morgan fingerprint density at radius 3 is 2.68 bits per heavy atom. The smallest absolute Gasteiger partial charge is 0.419 e. The number of amides is 1. The number of aromatic nitrogens is 1. The maximum absolute atomic E-state index is 12.9. The number of nitrogens with one attached hydrogen (secondary N) is 1. The Labute approximate surface area is 157 Å². The van der Waals surface area contributed by atoms with Crippen LogP contribution in [-0.4, -0.2) is 17.1 Å². The van der Waals surface area contributed by atoms with Crippen molar-refractivity contribution >= 4 is 22.7 Å². The number of hydrogen-bond donors (Lipinski definition) is 1. The van der Waals surface area contributed by atoms with Crippen LogP contribution in [-0.2, 0) is 17.5 Å². The van der Waals surface area contributed by atoms with Crippen LogP contribution in [0.3, 0.4) is 0 Å². The summed E-state index contributed by atoms with van der Waals surface area (Å²) in [6.07, 6.45) is -4.68. The molecule has 0 unspecified atom stereocenters.